The average molecular weight is 296 g/mol. The SMILES string of the molecule is CNC(c1cnccn1)c1cccc(Br)c1F. The molecule has 0 aliphatic rings. The van der Waals surface area contributed by atoms with Crippen LogP contribution in [0.3, 0.4) is 0 Å². The zero-order chi connectivity index (χ0) is 12.3. The van der Waals surface area contributed by atoms with Gasteiger partial charge in [0.05, 0.1) is 22.4 Å². The second kappa shape index (κ2) is 5.33. The molecule has 0 fully saturated rings. The molecule has 0 amide bonds. The molecule has 0 aliphatic heterocycles. The average Bonchev–Trinajstić information content (AvgIpc) is 2.37. The fraction of sp³-hybridized carbons (Fsp3) is 0.167. The lowest BCUT2D eigenvalue weighted by molar-refractivity contribution is 0.564. The molecule has 0 saturated carbocycles. The van der Waals surface area contributed by atoms with E-state index in [-0.39, 0.29) is 11.9 Å². The summed E-state index contributed by atoms with van der Waals surface area (Å²) in [7, 11) is 1.76. The lowest BCUT2D eigenvalue weighted by Gasteiger charge is -2.16. The number of hydrogen-bond donors (Lipinski definition) is 1. The molecule has 88 valence electrons. The van der Waals surface area contributed by atoms with Gasteiger partial charge in [0.15, 0.2) is 0 Å². The van der Waals surface area contributed by atoms with Crippen LogP contribution in [0.15, 0.2) is 41.3 Å². The number of benzene rings is 1. The summed E-state index contributed by atoms with van der Waals surface area (Å²) in [4.78, 5) is 8.18. The smallest absolute Gasteiger partial charge is 0.142 e. The molecule has 1 heterocycles. The summed E-state index contributed by atoms with van der Waals surface area (Å²) in [6.45, 7) is 0. The Morgan fingerprint density at radius 3 is 2.82 bits per heavy atom. The highest BCUT2D eigenvalue weighted by molar-refractivity contribution is 9.10. The highest BCUT2D eigenvalue weighted by Gasteiger charge is 2.18. The van der Waals surface area contributed by atoms with E-state index in [1.807, 2.05) is 0 Å². The Bertz CT molecular complexity index is 504. The molecule has 1 unspecified atom stereocenters. The van der Waals surface area contributed by atoms with Crippen LogP contribution in [0.1, 0.15) is 17.3 Å². The van der Waals surface area contributed by atoms with Gasteiger partial charge in [-0.15, -0.1) is 0 Å². The van der Waals surface area contributed by atoms with E-state index in [0.717, 1.165) is 0 Å². The van der Waals surface area contributed by atoms with Gasteiger partial charge in [-0.3, -0.25) is 9.97 Å². The molecule has 1 aromatic carbocycles. The first kappa shape index (κ1) is 12.1. The number of hydrogen-bond acceptors (Lipinski definition) is 3. The summed E-state index contributed by atoms with van der Waals surface area (Å²) in [6.07, 6.45) is 4.81. The minimum Gasteiger partial charge on any atom is -0.308 e. The van der Waals surface area contributed by atoms with Crippen molar-refractivity contribution in [2.75, 3.05) is 7.05 Å². The molecule has 3 nitrogen and oxygen atoms in total. The second-order valence-corrected chi connectivity index (χ2v) is 4.35. The van der Waals surface area contributed by atoms with Gasteiger partial charge in [-0.1, -0.05) is 12.1 Å². The molecule has 0 spiro atoms. The molecule has 2 rings (SSSR count). The molecule has 0 saturated heterocycles. The fourth-order valence-corrected chi connectivity index (χ4v) is 2.05. The van der Waals surface area contributed by atoms with E-state index >= 15 is 0 Å². The Morgan fingerprint density at radius 2 is 2.18 bits per heavy atom. The van der Waals surface area contributed by atoms with Crippen molar-refractivity contribution in [3.8, 4) is 0 Å². The molecule has 0 radical (unpaired) electrons. The van der Waals surface area contributed by atoms with Crippen LogP contribution in [-0.4, -0.2) is 17.0 Å². The normalized spacial score (nSPS) is 12.4. The Labute approximate surface area is 107 Å². The lowest BCUT2D eigenvalue weighted by atomic mass is 10.0. The first-order valence-electron chi connectivity index (χ1n) is 5.11. The van der Waals surface area contributed by atoms with Crippen molar-refractivity contribution in [3.05, 3.63) is 58.3 Å². The predicted molar refractivity (Wildman–Crippen MR) is 67.0 cm³/mol. The zero-order valence-corrected chi connectivity index (χ0v) is 10.8. The molecule has 0 bridgehead atoms. The van der Waals surface area contributed by atoms with E-state index in [1.54, 1.807) is 43.8 Å². The van der Waals surface area contributed by atoms with Gasteiger partial charge in [-0.25, -0.2) is 4.39 Å². The van der Waals surface area contributed by atoms with Crippen molar-refractivity contribution in [1.82, 2.24) is 15.3 Å². The monoisotopic (exact) mass is 295 g/mol. The Morgan fingerprint density at radius 1 is 1.35 bits per heavy atom. The summed E-state index contributed by atoms with van der Waals surface area (Å²) in [5, 5.41) is 3.04. The topological polar surface area (TPSA) is 37.8 Å². The molecule has 0 aliphatic carbocycles. The van der Waals surface area contributed by atoms with Crippen molar-refractivity contribution >= 4 is 15.9 Å². The van der Waals surface area contributed by atoms with E-state index in [1.165, 1.54) is 0 Å². The van der Waals surface area contributed by atoms with Gasteiger partial charge >= 0.3 is 0 Å². The standard InChI is InChI=1S/C12H11BrFN3/c1-15-12(10-7-16-5-6-17-10)8-3-2-4-9(13)11(8)14/h2-7,12,15H,1H3. The van der Waals surface area contributed by atoms with Crippen molar-refractivity contribution in [1.29, 1.82) is 0 Å². The highest BCUT2D eigenvalue weighted by atomic mass is 79.9. The Hall–Kier alpha value is -1.33. The maximum absolute atomic E-state index is 14.0. The van der Waals surface area contributed by atoms with Crippen molar-refractivity contribution in [2.45, 2.75) is 6.04 Å². The molecule has 17 heavy (non-hydrogen) atoms. The van der Waals surface area contributed by atoms with Crippen LogP contribution >= 0.6 is 15.9 Å². The highest BCUT2D eigenvalue weighted by Crippen LogP contribution is 2.26. The molecule has 1 atom stereocenters. The van der Waals surface area contributed by atoms with Gasteiger partial charge in [0.2, 0.25) is 0 Å². The summed E-state index contributed by atoms with van der Waals surface area (Å²) in [6, 6.07) is 4.89. The van der Waals surface area contributed by atoms with Gasteiger partial charge in [0.1, 0.15) is 5.82 Å². The molecule has 2 aromatic rings. The third kappa shape index (κ3) is 2.50. The second-order valence-electron chi connectivity index (χ2n) is 3.50. The summed E-state index contributed by atoms with van der Waals surface area (Å²) in [5.41, 5.74) is 1.23. The quantitative estimate of drug-likeness (QED) is 0.946. The van der Waals surface area contributed by atoms with Crippen molar-refractivity contribution in [2.24, 2.45) is 0 Å². The van der Waals surface area contributed by atoms with Gasteiger partial charge in [-0.05, 0) is 29.0 Å². The number of halogens is 2. The Balaban J connectivity index is 2.46. The number of nitrogens with one attached hydrogen (secondary N) is 1. The lowest BCUT2D eigenvalue weighted by Crippen LogP contribution is -2.20. The van der Waals surface area contributed by atoms with Gasteiger partial charge in [-0.2, -0.15) is 0 Å². The predicted octanol–water partition coefficient (Wildman–Crippen LogP) is 2.69. The molecule has 5 heteroatoms. The minimum absolute atomic E-state index is 0.280. The zero-order valence-electron chi connectivity index (χ0n) is 9.19. The van der Waals surface area contributed by atoms with E-state index in [2.05, 4.69) is 31.2 Å². The van der Waals surface area contributed by atoms with Crippen molar-refractivity contribution in [3.63, 3.8) is 0 Å². The van der Waals surface area contributed by atoms with Gasteiger partial charge in [0.25, 0.3) is 0 Å². The van der Waals surface area contributed by atoms with E-state index < -0.39 is 0 Å². The van der Waals surface area contributed by atoms with Crippen LogP contribution in [0.5, 0.6) is 0 Å². The molecule has 1 N–H and O–H groups in total. The summed E-state index contributed by atoms with van der Waals surface area (Å²) >= 11 is 3.18. The van der Waals surface area contributed by atoms with Crippen LogP contribution in [0.2, 0.25) is 0 Å². The van der Waals surface area contributed by atoms with Crippen molar-refractivity contribution < 1.29 is 4.39 Å². The molecular weight excluding hydrogens is 285 g/mol. The number of rotatable bonds is 3. The largest absolute Gasteiger partial charge is 0.308 e. The molecular formula is C12H11BrFN3. The van der Waals surface area contributed by atoms with E-state index in [0.29, 0.717) is 15.7 Å². The van der Waals surface area contributed by atoms with Gasteiger partial charge in [0, 0.05) is 18.0 Å². The van der Waals surface area contributed by atoms with Crippen LogP contribution in [0.25, 0.3) is 0 Å². The van der Waals surface area contributed by atoms with Crippen LogP contribution in [-0.2, 0) is 0 Å². The van der Waals surface area contributed by atoms with E-state index in [4.69, 9.17) is 0 Å². The molecule has 1 aromatic heterocycles. The maximum Gasteiger partial charge on any atom is 0.142 e. The first-order chi connectivity index (χ1) is 8.24. The van der Waals surface area contributed by atoms with Crippen LogP contribution in [0, 0.1) is 5.82 Å². The summed E-state index contributed by atoms with van der Waals surface area (Å²) < 4.78 is 14.4. The minimum atomic E-state index is -0.304. The third-order valence-electron chi connectivity index (χ3n) is 2.46. The fourth-order valence-electron chi connectivity index (χ4n) is 1.67. The van der Waals surface area contributed by atoms with Crippen LogP contribution < -0.4 is 5.32 Å². The van der Waals surface area contributed by atoms with Crippen LogP contribution in [0.4, 0.5) is 4.39 Å². The number of aromatic nitrogens is 2. The third-order valence-corrected chi connectivity index (χ3v) is 3.07. The maximum atomic E-state index is 14.0. The van der Waals surface area contributed by atoms with E-state index in [9.17, 15) is 4.39 Å². The first-order valence-corrected chi connectivity index (χ1v) is 5.90. The number of nitrogens with zero attached hydrogens (tertiary/aromatic N) is 2. The Kier molecular flexibility index (Phi) is 3.81. The van der Waals surface area contributed by atoms with Gasteiger partial charge < -0.3 is 5.32 Å². The summed E-state index contributed by atoms with van der Waals surface area (Å²) in [5.74, 6) is -0.280.